The zero-order valence-electron chi connectivity index (χ0n) is 14.2. The van der Waals surface area contributed by atoms with Crippen LogP contribution in [0.5, 0.6) is 0 Å². The summed E-state index contributed by atoms with van der Waals surface area (Å²) in [5.74, 6) is -0.776. The maximum absolute atomic E-state index is 12.8. The number of carbonyl (C=O) groups is 2. The van der Waals surface area contributed by atoms with Crippen molar-refractivity contribution in [3.05, 3.63) is 68.5 Å². The molecule has 1 fully saturated rings. The van der Waals surface area contributed by atoms with E-state index in [2.05, 4.69) is 0 Å². The number of amidine groups is 1. The van der Waals surface area contributed by atoms with E-state index in [9.17, 15) is 9.59 Å². The quantitative estimate of drug-likeness (QED) is 0.543. The van der Waals surface area contributed by atoms with Crippen molar-refractivity contribution in [1.82, 2.24) is 0 Å². The maximum atomic E-state index is 12.8. The highest BCUT2D eigenvalue weighted by atomic mass is 35.5. The number of benzene rings is 2. The Morgan fingerprint density at radius 1 is 1.22 bits per heavy atom. The smallest absolute Gasteiger partial charge is 0.338 e. The average Bonchev–Trinajstić information content (AvgIpc) is 2.93. The first-order chi connectivity index (χ1) is 12.9. The fourth-order valence-corrected chi connectivity index (χ4v) is 3.67. The van der Waals surface area contributed by atoms with Crippen molar-refractivity contribution in [3.8, 4) is 0 Å². The molecule has 0 aliphatic carbocycles. The van der Waals surface area contributed by atoms with E-state index < -0.39 is 5.97 Å². The number of carbonyl (C=O) groups excluding carboxylic acids is 2. The predicted molar refractivity (Wildman–Crippen MR) is 110 cm³/mol. The van der Waals surface area contributed by atoms with Crippen molar-refractivity contribution in [1.29, 1.82) is 5.41 Å². The minimum absolute atomic E-state index is 0.0632. The molecule has 1 aliphatic heterocycles. The van der Waals surface area contributed by atoms with Crippen LogP contribution in [0, 0.1) is 5.41 Å². The zero-order valence-corrected chi connectivity index (χ0v) is 16.5. The van der Waals surface area contributed by atoms with Gasteiger partial charge in [0.15, 0.2) is 5.17 Å². The van der Waals surface area contributed by atoms with Gasteiger partial charge < -0.3 is 4.74 Å². The minimum atomic E-state index is -0.433. The molecular weight excluding hydrogens is 407 g/mol. The van der Waals surface area contributed by atoms with Gasteiger partial charge in [-0.15, -0.1) is 0 Å². The molecule has 3 rings (SSSR count). The van der Waals surface area contributed by atoms with Crippen LogP contribution in [0.3, 0.4) is 0 Å². The minimum Gasteiger partial charge on any atom is -0.462 e. The largest absolute Gasteiger partial charge is 0.462 e. The van der Waals surface area contributed by atoms with Gasteiger partial charge in [-0.25, -0.2) is 4.79 Å². The highest BCUT2D eigenvalue weighted by Crippen LogP contribution is 2.37. The van der Waals surface area contributed by atoms with Crippen LogP contribution in [-0.4, -0.2) is 23.7 Å². The molecular formula is C19H14Cl2N2O3S. The van der Waals surface area contributed by atoms with Crippen molar-refractivity contribution < 1.29 is 14.3 Å². The maximum Gasteiger partial charge on any atom is 0.338 e. The monoisotopic (exact) mass is 420 g/mol. The van der Waals surface area contributed by atoms with E-state index in [1.807, 2.05) is 0 Å². The van der Waals surface area contributed by atoms with Crippen molar-refractivity contribution in [2.24, 2.45) is 0 Å². The number of ether oxygens (including phenoxy) is 1. The molecule has 0 saturated carbocycles. The molecule has 1 heterocycles. The fourth-order valence-electron chi connectivity index (χ4n) is 2.46. The lowest BCUT2D eigenvalue weighted by atomic mass is 10.2. The lowest BCUT2D eigenvalue weighted by Crippen LogP contribution is -2.28. The van der Waals surface area contributed by atoms with E-state index in [0.29, 0.717) is 31.8 Å². The van der Waals surface area contributed by atoms with Crippen LogP contribution in [0.25, 0.3) is 6.08 Å². The number of hydrogen-bond acceptors (Lipinski definition) is 5. The summed E-state index contributed by atoms with van der Waals surface area (Å²) in [6.07, 6.45) is 1.61. The third kappa shape index (κ3) is 4.03. The van der Waals surface area contributed by atoms with E-state index in [1.54, 1.807) is 55.5 Å². The van der Waals surface area contributed by atoms with Crippen LogP contribution in [0.1, 0.15) is 22.8 Å². The molecule has 0 aromatic heterocycles. The second-order valence-corrected chi connectivity index (χ2v) is 7.28. The highest BCUT2D eigenvalue weighted by molar-refractivity contribution is 8.19. The van der Waals surface area contributed by atoms with Crippen molar-refractivity contribution >= 4 is 63.8 Å². The molecule has 27 heavy (non-hydrogen) atoms. The molecule has 1 N–H and O–H groups in total. The van der Waals surface area contributed by atoms with Crippen molar-refractivity contribution in [2.75, 3.05) is 11.5 Å². The van der Waals surface area contributed by atoms with Crippen LogP contribution in [0.2, 0.25) is 10.0 Å². The SMILES string of the molecule is CCOC(=O)c1ccc(N2C(=N)S/C(=C\c3cccc(Cl)c3Cl)C2=O)cc1. The van der Waals surface area contributed by atoms with E-state index in [1.165, 1.54) is 4.90 Å². The number of thioether (sulfide) groups is 1. The van der Waals surface area contributed by atoms with Crippen LogP contribution in [-0.2, 0) is 9.53 Å². The van der Waals surface area contributed by atoms with Crippen LogP contribution in [0.4, 0.5) is 5.69 Å². The summed E-state index contributed by atoms with van der Waals surface area (Å²) < 4.78 is 4.94. The topological polar surface area (TPSA) is 70.5 Å². The zero-order chi connectivity index (χ0) is 19.6. The van der Waals surface area contributed by atoms with E-state index in [4.69, 9.17) is 33.3 Å². The second-order valence-electron chi connectivity index (χ2n) is 5.47. The van der Waals surface area contributed by atoms with Gasteiger partial charge in [-0.3, -0.25) is 15.1 Å². The molecule has 1 amide bonds. The van der Waals surface area contributed by atoms with Crippen LogP contribution in [0.15, 0.2) is 47.4 Å². The summed E-state index contributed by atoms with van der Waals surface area (Å²) in [5.41, 5.74) is 1.48. The number of amides is 1. The number of nitrogens with zero attached hydrogens (tertiary/aromatic N) is 1. The van der Waals surface area contributed by atoms with E-state index >= 15 is 0 Å². The fraction of sp³-hybridized carbons (Fsp3) is 0.105. The van der Waals surface area contributed by atoms with E-state index in [-0.39, 0.29) is 17.7 Å². The Hall–Kier alpha value is -2.28. The highest BCUT2D eigenvalue weighted by Gasteiger charge is 2.33. The molecule has 2 aromatic rings. The molecule has 2 aromatic carbocycles. The first-order valence-electron chi connectivity index (χ1n) is 7.96. The number of nitrogens with one attached hydrogen (secondary N) is 1. The number of esters is 1. The Morgan fingerprint density at radius 3 is 2.59 bits per heavy atom. The molecule has 1 saturated heterocycles. The molecule has 8 heteroatoms. The van der Waals surface area contributed by atoms with Crippen LogP contribution >= 0.6 is 35.0 Å². The molecule has 138 valence electrons. The summed E-state index contributed by atoms with van der Waals surface area (Å²) in [5, 5.41) is 8.95. The Labute approximate surface area is 170 Å². The second kappa shape index (κ2) is 8.17. The number of halogens is 2. The molecule has 0 unspecified atom stereocenters. The van der Waals surface area contributed by atoms with Gasteiger partial charge in [-0.05, 0) is 60.7 Å². The standard InChI is InChI=1S/C19H14Cl2N2O3S/c1-2-26-18(25)11-6-8-13(9-7-11)23-17(24)15(27-19(23)22)10-12-4-3-5-14(20)16(12)21/h3-10,22H,2H2,1H3/b15-10-,22-19?. The summed E-state index contributed by atoms with van der Waals surface area (Å²) >= 11 is 13.2. The normalized spacial score (nSPS) is 15.5. The first kappa shape index (κ1) is 19.5. The summed E-state index contributed by atoms with van der Waals surface area (Å²) in [6.45, 7) is 2.01. The Bertz CT molecular complexity index is 958. The van der Waals surface area contributed by atoms with Gasteiger partial charge in [0.25, 0.3) is 5.91 Å². The molecule has 5 nitrogen and oxygen atoms in total. The third-order valence-electron chi connectivity index (χ3n) is 3.73. The average molecular weight is 421 g/mol. The van der Waals surface area contributed by atoms with Gasteiger partial charge in [0.1, 0.15) is 0 Å². The Kier molecular flexibility index (Phi) is 5.89. The lowest BCUT2D eigenvalue weighted by Gasteiger charge is -2.14. The summed E-state index contributed by atoms with van der Waals surface area (Å²) in [6, 6.07) is 11.5. The van der Waals surface area contributed by atoms with Gasteiger partial charge in [-0.2, -0.15) is 0 Å². The lowest BCUT2D eigenvalue weighted by molar-refractivity contribution is -0.113. The molecule has 0 bridgehead atoms. The Morgan fingerprint density at radius 2 is 1.93 bits per heavy atom. The first-order valence-corrected chi connectivity index (χ1v) is 9.53. The molecule has 0 atom stereocenters. The van der Waals surface area contributed by atoms with Crippen LogP contribution < -0.4 is 4.90 Å². The van der Waals surface area contributed by atoms with Gasteiger partial charge in [0, 0.05) is 0 Å². The van der Waals surface area contributed by atoms with Crippen molar-refractivity contribution in [2.45, 2.75) is 6.92 Å². The van der Waals surface area contributed by atoms with E-state index in [0.717, 1.165) is 11.8 Å². The van der Waals surface area contributed by atoms with Gasteiger partial charge in [0.05, 0.1) is 32.8 Å². The van der Waals surface area contributed by atoms with Gasteiger partial charge >= 0.3 is 5.97 Å². The third-order valence-corrected chi connectivity index (χ3v) is 5.45. The number of rotatable bonds is 4. The number of hydrogen-bond donors (Lipinski definition) is 1. The summed E-state index contributed by atoms with van der Waals surface area (Å²) in [4.78, 5) is 26.1. The molecule has 0 radical (unpaired) electrons. The van der Waals surface area contributed by atoms with Gasteiger partial charge in [-0.1, -0.05) is 35.3 Å². The molecule has 1 aliphatic rings. The Balaban J connectivity index is 1.87. The van der Waals surface area contributed by atoms with Crippen molar-refractivity contribution in [3.63, 3.8) is 0 Å². The summed E-state index contributed by atoms with van der Waals surface area (Å²) in [7, 11) is 0. The molecule has 0 spiro atoms. The number of anilines is 1. The van der Waals surface area contributed by atoms with Gasteiger partial charge in [0.2, 0.25) is 0 Å². The predicted octanol–water partition coefficient (Wildman–Crippen LogP) is 5.23.